The molecule has 3 fully saturated rings. The first-order valence-corrected chi connectivity index (χ1v) is 20.1. The summed E-state index contributed by atoms with van der Waals surface area (Å²) < 4.78 is 58.6. The van der Waals surface area contributed by atoms with Gasteiger partial charge in [-0.1, -0.05) is 58.5 Å². The molecule has 0 amide bonds. The van der Waals surface area contributed by atoms with Gasteiger partial charge < -0.3 is 23.7 Å². The third-order valence-corrected chi connectivity index (χ3v) is 12.6. The first-order chi connectivity index (χ1) is 23.1. The Morgan fingerprint density at radius 1 is 1.00 bits per heavy atom. The Hall–Kier alpha value is -2.04. The van der Waals surface area contributed by atoms with Crippen LogP contribution in [0.15, 0.2) is 59.5 Å². The van der Waals surface area contributed by atoms with Crippen molar-refractivity contribution >= 4 is 15.8 Å². The van der Waals surface area contributed by atoms with Crippen molar-refractivity contribution in [3.8, 4) is 0 Å². The van der Waals surface area contributed by atoms with Gasteiger partial charge >= 0.3 is 5.97 Å². The smallest absolute Gasteiger partial charge is 0.311 e. The number of hydrogen-bond donors (Lipinski definition) is 0. The summed E-state index contributed by atoms with van der Waals surface area (Å²) in [4.78, 5) is 12.4. The predicted molar refractivity (Wildman–Crippen MR) is 193 cm³/mol. The van der Waals surface area contributed by atoms with Crippen LogP contribution in [0.25, 0.3) is 0 Å². The molecular weight excluding hydrogens is 640 g/mol. The zero-order chi connectivity index (χ0) is 35.9. The largest absolute Gasteiger partial charge is 0.465 e. The SMILES string of the molecule is C=C1C[C@H](CCCOC(=O)C(C)(C)C)OC1CC[C@H]1C[C@@H](C)C(=C)C(C[C@@H]2O[C@H](C[C@H](C)CC)[C@H](OC)[C@H]2CS(=O)(=O)c2ccccc2)O1. The standard InChI is InChI=1S/C40H62O8S/c1-10-26(2)21-37-38(44-9)33(25-49(42,43)32-16-12-11-13-17-32)36(48-37)24-35-29(5)27(3)22-31(47-35)18-19-34-28(4)23-30(46-34)15-14-20-45-39(41)40(6,7)8/h11-13,16-17,26-27,30-31,33-38H,4-5,10,14-15,18-25H2,1-3,6-9H3/t26-,27-,30+,31+,33+,34?,35?,36+,37-,38-/m1/s1. The predicted octanol–water partition coefficient (Wildman–Crippen LogP) is 7.90. The van der Waals surface area contributed by atoms with Crippen molar-refractivity contribution in [2.45, 2.75) is 147 Å². The van der Waals surface area contributed by atoms with E-state index in [1.54, 1.807) is 31.4 Å². The molecule has 4 rings (SSSR count). The Morgan fingerprint density at radius 2 is 1.69 bits per heavy atom. The van der Waals surface area contributed by atoms with E-state index in [0.717, 1.165) is 62.5 Å². The van der Waals surface area contributed by atoms with Crippen molar-refractivity contribution < 1.29 is 36.9 Å². The number of benzene rings is 1. The molecule has 1 aromatic rings. The average molecular weight is 703 g/mol. The molecule has 8 nitrogen and oxygen atoms in total. The molecule has 49 heavy (non-hydrogen) atoms. The molecule has 0 aromatic heterocycles. The van der Waals surface area contributed by atoms with Crippen LogP contribution in [0.1, 0.15) is 99.3 Å². The van der Waals surface area contributed by atoms with E-state index < -0.39 is 15.3 Å². The zero-order valence-electron chi connectivity index (χ0n) is 31.0. The monoisotopic (exact) mass is 702 g/mol. The Bertz CT molecular complexity index is 1350. The molecule has 0 saturated carbocycles. The molecule has 3 aliphatic rings. The molecule has 0 radical (unpaired) electrons. The summed E-state index contributed by atoms with van der Waals surface area (Å²) in [5, 5.41) is 0. The summed E-state index contributed by atoms with van der Waals surface area (Å²) in [6.07, 6.45) is 6.33. The summed E-state index contributed by atoms with van der Waals surface area (Å²) in [5.41, 5.74) is 1.66. The molecule has 1 aromatic carbocycles. The van der Waals surface area contributed by atoms with E-state index in [9.17, 15) is 13.2 Å². The first kappa shape index (κ1) is 39.7. The second kappa shape index (κ2) is 17.5. The lowest BCUT2D eigenvalue weighted by Gasteiger charge is -2.38. The third-order valence-electron chi connectivity index (χ3n) is 10.8. The molecule has 3 aliphatic heterocycles. The Morgan fingerprint density at radius 3 is 2.35 bits per heavy atom. The molecule has 276 valence electrons. The lowest BCUT2D eigenvalue weighted by atomic mass is 9.83. The lowest BCUT2D eigenvalue weighted by Crippen LogP contribution is -2.40. The molecule has 0 aliphatic carbocycles. The van der Waals surface area contributed by atoms with Crippen molar-refractivity contribution in [1.82, 2.24) is 0 Å². The lowest BCUT2D eigenvalue weighted by molar-refractivity contribution is -0.153. The Balaban J connectivity index is 1.37. The van der Waals surface area contributed by atoms with Crippen molar-refractivity contribution in [2.75, 3.05) is 19.5 Å². The van der Waals surface area contributed by atoms with Gasteiger partial charge in [0, 0.05) is 19.4 Å². The summed E-state index contributed by atoms with van der Waals surface area (Å²) in [6.45, 7) is 21.3. The topological polar surface area (TPSA) is 97.4 Å². The van der Waals surface area contributed by atoms with Crippen LogP contribution in [-0.2, 0) is 38.3 Å². The van der Waals surface area contributed by atoms with Gasteiger partial charge in [0.25, 0.3) is 0 Å². The van der Waals surface area contributed by atoms with Gasteiger partial charge in [-0.25, -0.2) is 8.42 Å². The molecule has 9 heteroatoms. The minimum Gasteiger partial charge on any atom is -0.465 e. The van der Waals surface area contributed by atoms with Gasteiger partial charge in [0.2, 0.25) is 0 Å². The summed E-state index contributed by atoms with van der Waals surface area (Å²) in [7, 11) is -1.90. The highest BCUT2D eigenvalue weighted by Crippen LogP contribution is 2.41. The number of carbonyl (C=O) groups is 1. The Kier molecular flexibility index (Phi) is 14.2. The quantitative estimate of drug-likeness (QED) is 0.0975. The van der Waals surface area contributed by atoms with Gasteiger partial charge in [-0.05, 0) is 101 Å². The van der Waals surface area contributed by atoms with E-state index in [-0.39, 0.29) is 66.3 Å². The molecular formula is C40H62O8S. The van der Waals surface area contributed by atoms with Crippen LogP contribution in [0.2, 0.25) is 0 Å². The van der Waals surface area contributed by atoms with Crippen LogP contribution in [0.5, 0.6) is 0 Å². The van der Waals surface area contributed by atoms with Crippen molar-refractivity contribution in [3.05, 3.63) is 54.6 Å². The zero-order valence-corrected chi connectivity index (χ0v) is 31.8. The van der Waals surface area contributed by atoms with Crippen LogP contribution in [0, 0.1) is 23.2 Å². The van der Waals surface area contributed by atoms with Gasteiger partial charge in [0.05, 0.1) is 65.4 Å². The molecule has 3 heterocycles. The fraction of sp³-hybridized carbons (Fsp3) is 0.725. The molecule has 0 bridgehead atoms. The third kappa shape index (κ3) is 10.7. The van der Waals surface area contributed by atoms with Crippen LogP contribution < -0.4 is 0 Å². The van der Waals surface area contributed by atoms with Gasteiger partial charge in [0.15, 0.2) is 9.84 Å². The fourth-order valence-electron chi connectivity index (χ4n) is 7.49. The number of carbonyl (C=O) groups excluding carboxylic acids is 1. The minimum absolute atomic E-state index is 0.0147. The maximum atomic E-state index is 13.6. The molecule has 10 atom stereocenters. The van der Waals surface area contributed by atoms with E-state index in [1.807, 2.05) is 26.8 Å². The molecule has 0 N–H and O–H groups in total. The molecule has 3 saturated heterocycles. The van der Waals surface area contributed by atoms with Crippen LogP contribution in [0.4, 0.5) is 0 Å². The Labute approximate surface area is 296 Å². The van der Waals surface area contributed by atoms with Crippen molar-refractivity contribution in [2.24, 2.45) is 23.2 Å². The highest BCUT2D eigenvalue weighted by molar-refractivity contribution is 7.91. The minimum atomic E-state index is -3.57. The first-order valence-electron chi connectivity index (χ1n) is 18.4. The van der Waals surface area contributed by atoms with Crippen LogP contribution >= 0.6 is 0 Å². The van der Waals surface area contributed by atoms with E-state index in [1.165, 1.54) is 0 Å². The average Bonchev–Trinajstić information content (AvgIpc) is 3.57. The number of methoxy groups -OCH3 is 1. The number of ether oxygens (including phenoxy) is 5. The van der Waals surface area contributed by atoms with Gasteiger partial charge in [-0.15, -0.1) is 0 Å². The van der Waals surface area contributed by atoms with E-state index in [2.05, 4.69) is 33.9 Å². The van der Waals surface area contributed by atoms with E-state index in [4.69, 9.17) is 23.7 Å². The highest BCUT2D eigenvalue weighted by atomic mass is 32.2. The highest BCUT2D eigenvalue weighted by Gasteiger charge is 2.48. The van der Waals surface area contributed by atoms with Crippen molar-refractivity contribution in [1.29, 1.82) is 0 Å². The summed E-state index contributed by atoms with van der Waals surface area (Å²) in [5.74, 6) is 0.136. The second-order valence-electron chi connectivity index (χ2n) is 15.8. The van der Waals surface area contributed by atoms with Gasteiger partial charge in [-0.3, -0.25) is 4.79 Å². The maximum absolute atomic E-state index is 13.6. The van der Waals surface area contributed by atoms with E-state index in [0.29, 0.717) is 23.8 Å². The fourth-order valence-corrected chi connectivity index (χ4v) is 9.17. The van der Waals surface area contributed by atoms with Gasteiger partial charge in [0.1, 0.15) is 0 Å². The molecule has 0 spiro atoms. The summed E-state index contributed by atoms with van der Waals surface area (Å²) >= 11 is 0. The van der Waals surface area contributed by atoms with Gasteiger partial charge in [-0.2, -0.15) is 0 Å². The van der Waals surface area contributed by atoms with Crippen LogP contribution in [0.3, 0.4) is 0 Å². The maximum Gasteiger partial charge on any atom is 0.311 e. The number of sulfone groups is 1. The van der Waals surface area contributed by atoms with Crippen LogP contribution in [-0.4, -0.2) is 76.6 Å². The molecule has 2 unspecified atom stereocenters. The number of esters is 1. The normalized spacial score (nSPS) is 31.6. The number of hydrogen-bond acceptors (Lipinski definition) is 8. The van der Waals surface area contributed by atoms with E-state index >= 15 is 0 Å². The second-order valence-corrected chi connectivity index (χ2v) is 17.9. The van der Waals surface area contributed by atoms with Crippen molar-refractivity contribution in [3.63, 3.8) is 0 Å². The number of rotatable bonds is 16. The summed E-state index contributed by atoms with van der Waals surface area (Å²) in [6, 6.07) is 8.66.